The molecule has 0 spiro atoms. The van der Waals surface area contributed by atoms with Crippen LogP contribution in [0.5, 0.6) is 0 Å². The first-order valence-corrected chi connectivity index (χ1v) is 12.1. The molecule has 1 saturated carbocycles. The van der Waals surface area contributed by atoms with Crippen LogP contribution < -0.4 is 4.90 Å². The molecule has 3 atom stereocenters. The maximum absolute atomic E-state index is 13.9. The molecule has 0 N–H and O–H groups in total. The first-order chi connectivity index (χ1) is 13.3. The van der Waals surface area contributed by atoms with Crippen LogP contribution in [0, 0.1) is 17.3 Å². The average Bonchev–Trinajstić information content (AvgIpc) is 2.92. The van der Waals surface area contributed by atoms with E-state index in [9.17, 15) is 22.0 Å². The molecule has 1 amide bonds. The molecule has 1 aromatic heterocycles. The molecule has 1 aromatic rings. The van der Waals surface area contributed by atoms with Gasteiger partial charge in [-0.2, -0.15) is 13.8 Å². The number of halogens is 2. The van der Waals surface area contributed by atoms with Crippen molar-refractivity contribution >= 4 is 33.2 Å². The molecule has 1 fully saturated rings. The van der Waals surface area contributed by atoms with Crippen molar-refractivity contribution < 1.29 is 22.0 Å². The van der Waals surface area contributed by atoms with E-state index in [-0.39, 0.29) is 17.1 Å². The molecule has 10 heteroatoms. The zero-order valence-electron chi connectivity index (χ0n) is 17.0. The first kappa shape index (κ1) is 22.0. The lowest BCUT2D eigenvalue weighted by atomic mass is 9.66. The number of hydrogen-bond acceptors (Lipinski definition) is 6. The summed E-state index contributed by atoms with van der Waals surface area (Å²) in [6.07, 6.45) is 4.83. The van der Waals surface area contributed by atoms with Crippen LogP contribution in [0.1, 0.15) is 40.5 Å². The van der Waals surface area contributed by atoms with Crippen LogP contribution in [-0.2, 0) is 14.6 Å². The Morgan fingerprint density at radius 1 is 1.34 bits per heavy atom. The van der Waals surface area contributed by atoms with Gasteiger partial charge in [-0.25, -0.2) is 8.42 Å². The minimum Gasteiger partial charge on any atom is -0.344 e. The highest BCUT2D eigenvalue weighted by Gasteiger charge is 2.48. The summed E-state index contributed by atoms with van der Waals surface area (Å²) in [5.74, 6) is -2.89. The number of carbonyl (C=O) groups excluding carboxylic acids is 1. The molecule has 0 bridgehead atoms. The van der Waals surface area contributed by atoms with E-state index in [0.717, 1.165) is 36.1 Å². The van der Waals surface area contributed by atoms with Gasteiger partial charge in [-0.3, -0.25) is 9.69 Å². The molecule has 3 unspecified atom stereocenters. The smallest absolute Gasteiger partial charge is 0.247 e. The summed E-state index contributed by atoms with van der Waals surface area (Å²) in [6.45, 7) is 7.43. The summed E-state index contributed by atoms with van der Waals surface area (Å²) in [7, 11) is -3.71. The predicted molar refractivity (Wildman–Crippen MR) is 110 cm³/mol. The van der Waals surface area contributed by atoms with Crippen molar-refractivity contribution in [1.29, 1.82) is 0 Å². The van der Waals surface area contributed by atoms with Crippen molar-refractivity contribution in [2.75, 3.05) is 11.2 Å². The van der Waals surface area contributed by atoms with Gasteiger partial charge in [0.15, 0.2) is 15.3 Å². The van der Waals surface area contributed by atoms with Gasteiger partial charge >= 0.3 is 0 Å². The summed E-state index contributed by atoms with van der Waals surface area (Å²) >= 11 is 1.35. The highest BCUT2D eigenvalue weighted by Crippen LogP contribution is 2.49. The van der Waals surface area contributed by atoms with E-state index in [2.05, 4.69) is 18.8 Å². The van der Waals surface area contributed by atoms with Gasteiger partial charge < -0.3 is 4.90 Å². The van der Waals surface area contributed by atoms with Gasteiger partial charge in [0.25, 0.3) is 0 Å². The molecular formula is C19H25F2N3O3S2. The fourth-order valence-corrected chi connectivity index (χ4v) is 5.35. The third-order valence-corrected chi connectivity index (χ3v) is 8.30. The number of sulfone groups is 1. The van der Waals surface area contributed by atoms with E-state index in [4.69, 9.17) is 0 Å². The number of carbonyl (C=O) groups is 1. The second kappa shape index (κ2) is 7.54. The Morgan fingerprint density at radius 3 is 2.38 bits per heavy atom. The van der Waals surface area contributed by atoms with Gasteiger partial charge in [-0.05, 0) is 32.1 Å². The number of nitrogens with zero attached hydrogens (tertiary/aromatic N) is 3. The maximum Gasteiger partial charge on any atom is 0.247 e. The standard InChI is InChI=1S/C19H25F2N3O3S2/c1-11-10-23(14-6-7-19(14,3)4)18(28-11)24(17(25)12(2)29(5,26)27)13-8-15(20)22-16(21)9-13/h8-10,12,14,18H,6-7H2,1-5H3. The summed E-state index contributed by atoms with van der Waals surface area (Å²) < 4.78 is 51.9. The number of amides is 1. The van der Waals surface area contributed by atoms with E-state index < -0.39 is 38.4 Å². The van der Waals surface area contributed by atoms with Crippen LogP contribution in [0.4, 0.5) is 14.5 Å². The van der Waals surface area contributed by atoms with E-state index >= 15 is 0 Å². The normalized spacial score (nSPS) is 24.7. The molecule has 0 radical (unpaired) electrons. The van der Waals surface area contributed by atoms with E-state index in [0.29, 0.717) is 0 Å². The molecular weight excluding hydrogens is 420 g/mol. The zero-order chi connectivity index (χ0) is 21.7. The molecule has 1 aliphatic heterocycles. The predicted octanol–water partition coefficient (Wildman–Crippen LogP) is 3.51. The van der Waals surface area contributed by atoms with Crippen molar-refractivity contribution in [3.63, 3.8) is 0 Å². The summed E-state index contributed by atoms with van der Waals surface area (Å²) in [5, 5.41) is -1.36. The second-order valence-electron chi connectivity index (χ2n) is 8.32. The van der Waals surface area contributed by atoms with Gasteiger partial charge in [0.05, 0.1) is 5.69 Å². The molecule has 0 saturated heterocycles. The fraction of sp³-hybridized carbons (Fsp3) is 0.579. The van der Waals surface area contributed by atoms with Gasteiger partial charge in [-0.1, -0.05) is 25.6 Å². The van der Waals surface area contributed by atoms with Crippen LogP contribution in [0.2, 0.25) is 0 Å². The van der Waals surface area contributed by atoms with Crippen LogP contribution in [0.3, 0.4) is 0 Å². The lowest BCUT2D eigenvalue weighted by molar-refractivity contribution is -0.119. The SMILES string of the molecule is CC1=CN(C2CCC2(C)C)C(N(C(=O)C(C)S(C)(=O)=O)c2cc(F)nc(F)c2)S1. The van der Waals surface area contributed by atoms with Crippen LogP contribution in [0.15, 0.2) is 23.2 Å². The van der Waals surface area contributed by atoms with Crippen molar-refractivity contribution in [3.05, 3.63) is 35.1 Å². The minimum absolute atomic E-state index is 0.00579. The largest absolute Gasteiger partial charge is 0.344 e. The fourth-order valence-electron chi connectivity index (χ4n) is 3.70. The van der Waals surface area contributed by atoms with Gasteiger partial charge in [0, 0.05) is 35.5 Å². The lowest BCUT2D eigenvalue weighted by Crippen LogP contribution is -2.58. The van der Waals surface area contributed by atoms with Crippen molar-refractivity contribution in [3.8, 4) is 0 Å². The molecule has 1 aliphatic carbocycles. The summed E-state index contributed by atoms with van der Waals surface area (Å²) in [4.78, 5) is 20.5. The maximum atomic E-state index is 13.9. The number of allylic oxidation sites excluding steroid dienone is 1. The number of thioether (sulfide) groups is 1. The number of rotatable bonds is 5. The molecule has 160 valence electrons. The topological polar surface area (TPSA) is 70.6 Å². The quantitative estimate of drug-likeness (QED) is 0.646. The highest BCUT2D eigenvalue weighted by atomic mass is 32.2. The van der Waals surface area contributed by atoms with E-state index in [1.54, 1.807) is 0 Å². The highest BCUT2D eigenvalue weighted by molar-refractivity contribution is 8.03. The molecule has 29 heavy (non-hydrogen) atoms. The molecule has 6 nitrogen and oxygen atoms in total. The number of hydrogen-bond donors (Lipinski definition) is 0. The number of anilines is 1. The summed E-state index contributed by atoms with van der Waals surface area (Å²) in [6, 6.07) is 2.03. The van der Waals surface area contributed by atoms with Gasteiger partial charge in [0.1, 0.15) is 5.25 Å². The molecule has 0 aromatic carbocycles. The van der Waals surface area contributed by atoms with Crippen molar-refractivity contribution in [2.45, 2.75) is 57.3 Å². The minimum atomic E-state index is -3.71. The zero-order valence-corrected chi connectivity index (χ0v) is 18.7. The van der Waals surface area contributed by atoms with Crippen LogP contribution in [0.25, 0.3) is 0 Å². The molecule has 2 heterocycles. The Morgan fingerprint density at radius 2 is 1.93 bits per heavy atom. The Balaban J connectivity index is 2.08. The van der Waals surface area contributed by atoms with Crippen molar-refractivity contribution in [2.24, 2.45) is 5.41 Å². The number of aromatic nitrogens is 1. The molecule has 2 aliphatic rings. The monoisotopic (exact) mass is 445 g/mol. The third kappa shape index (κ3) is 4.28. The lowest BCUT2D eigenvalue weighted by Gasteiger charge is -2.52. The van der Waals surface area contributed by atoms with Gasteiger partial charge in [-0.15, -0.1) is 0 Å². The van der Waals surface area contributed by atoms with Crippen LogP contribution >= 0.6 is 11.8 Å². The van der Waals surface area contributed by atoms with E-state index in [1.807, 2.05) is 18.0 Å². The van der Waals surface area contributed by atoms with E-state index in [1.165, 1.54) is 23.6 Å². The Labute approximate surface area is 174 Å². The molecule has 3 rings (SSSR count). The van der Waals surface area contributed by atoms with Crippen LogP contribution in [-0.4, -0.2) is 47.3 Å². The average molecular weight is 446 g/mol. The second-order valence-corrected chi connectivity index (χ2v) is 12.0. The Kier molecular flexibility index (Phi) is 5.72. The van der Waals surface area contributed by atoms with Gasteiger partial charge in [0.2, 0.25) is 17.8 Å². The third-order valence-electron chi connectivity index (χ3n) is 5.68. The number of pyridine rings is 1. The Bertz CT molecular complexity index is 945. The van der Waals surface area contributed by atoms with Crippen molar-refractivity contribution in [1.82, 2.24) is 9.88 Å². The Hall–Kier alpha value is -1.68. The summed E-state index contributed by atoms with van der Waals surface area (Å²) in [5.41, 5.74) is -0.693. The first-order valence-electron chi connectivity index (χ1n) is 9.29.